The molecule has 0 saturated heterocycles. The lowest BCUT2D eigenvalue weighted by Gasteiger charge is -2.27. The fourth-order valence-corrected chi connectivity index (χ4v) is 4.09. The normalized spacial score (nSPS) is 16.5. The molecule has 1 atom stereocenters. The number of rotatable bonds is 2. The van der Waals surface area contributed by atoms with E-state index in [0.717, 1.165) is 11.3 Å². The third-order valence-corrected chi connectivity index (χ3v) is 5.39. The molecule has 1 N–H and O–H groups in total. The van der Waals surface area contributed by atoms with Gasteiger partial charge in [0.15, 0.2) is 5.78 Å². The number of hydrogen-bond acceptors (Lipinski definition) is 2. The molecule has 2 heteroatoms. The zero-order chi connectivity index (χ0) is 17.5. The molecular weight excluding hydrogens is 318 g/mol. The van der Waals surface area contributed by atoms with Gasteiger partial charge in [0.25, 0.3) is 0 Å². The molecule has 126 valence electrons. The molecule has 1 aliphatic rings. The van der Waals surface area contributed by atoms with E-state index in [4.69, 9.17) is 0 Å². The van der Waals surface area contributed by atoms with Crippen molar-refractivity contribution in [2.75, 3.05) is 5.32 Å². The Bertz CT molecular complexity index is 1090. The number of nitrogens with one attached hydrogen (secondary N) is 1. The first kappa shape index (κ1) is 15.2. The summed E-state index contributed by atoms with van der Waals surface area (Å²) in [5.74, 6) is 0.265. The van der Waals surface area contributed by atoms with Crippen molar-refractivity contribution in [3.63, 3.8) is 0 Å². The van der Waals surface area contributed by atoms with Crippen molar-refractivity contribution < 1.29 is 4.79 Å². The fraction of sp³-hybridized carbons (Fsp3) is 0.125. The smallest absolute Gasteiger partial charge is 0.159 e. The lowest BCUT2D eigenvalue weighted by molar-refractivity contribution is -0.119. The second-order valence-electron chi connectivity index (χ2n) is 7.00. The predicted octanol–water partition coefficient (Wildman–Crippen LogP) is 5.14. The van der Waals surface area contributed by atoms with E-state index < -0.39 is 0 Å². The van der Waals surface area contributed by atoms with Crippen molar-refractivity contribution in [3.8, 4) is 0 Å². The standard InChI is InChI=1S/C24H19NO/c26-24-14-18-9-3-6-12-22(18)25-23(24)15-21-19-10-4-1-7-16(19)13-17-8-2-5-11-20(17)21/h1-13,23,25H,14-15H2/t23-/m1/s1. The van der Waals surface area contributed by atoms with E-state index in [0.29, 0.717) is 12.8 Å². The number of ketones is 1. The van der Waals surface area contributed by atoms with E-state index in [1.165, 1.54) is 27.1 Å². The Labute approximate surface area is 152 Å². The van der Waals surface area contributed by atoms with Crippen LogP contribution in [0.25, 0.3) is 21.5 Å². The largest absolute Gasteiger partial charge is 0.375 e. The van der Waals surface area contributed by atoms with Crippen molar-refractivity contribution in [1.82, 2.24) is 0 Å². The summed E-state index contributed by atoms with van der Waals surface area (Å²) in [6.45, 7) is 0. The van der Waals surface area contributed by atoms with E-state index in [2.05, 4.69) is 66.0 Å². The van der Waals surface area contributed by atoms with Crippen LogP contribution in [-0.4, -0.2) is 11.8 Å². The van der Waals surface area contributed by atoms with Crippen molar-refractivity contribution >= 4 is 33.0 Å². The number of fused-ring (bicyclic) bond motifs is 3. The van der Waals surface area contributed by atoms with Crippen LogP contribution in [0.1, 0.15) is 11.1 Å². The number of carbonyl (C=O) groups is 1. The minimum absolute atomic E-state index is 0.181. The van der Waals surface area contributed by atoms with Gasteiger partial charge in [0.05, 0.1) is 6.04 Å². The summed E-state index contributed by atoms with van der Waals surface area (Å²) in [4.78, 5) is 12.8. The molecule has 4 aromatic rings. The number of hydrogen-bond donors (Lipinski definition) is 1. The molecule has 0 radical (unpaired) electrons. The zero-order valence-corrected chi connectivity index (χ0v) is 14.4. The van der Waals surface area contributed by atoms with Crippen LogP contribution >= 0.6 is 0 Å². The Balaban J connectivity index is 1.64. The minimum Gasteiger partial charge on any atom is -0.375 e. The molecule has 0 saturated carbocycles. The van der Waals surface area contributed by atoms with Gasteiger partial charge in [-0.3, -0.25) is 4.79 Å². The van der Waals surface area contributed by atoms with E-state index in [9.17, 15) is 4.79 Å². The van der Waals surface area contributed by atoms with Gasteiger partial charge in [-0.25, -0.2) is 0 Å². The van der Waals surface area contributed by atoms with Gasteiger partial charge in [0, 0.05) is 18.5 Å². The third kappa shape index (κ3) is 2.46. The molecule has 2 nitrogen and oxygen atoms in total. The maximum atomic E-state index is 12.8. The number of benzene rings is 4. The summed E-state index contributed by atoms with van der Waals surface area (Å²) in [7, 11) is 0. The molecule has 5 rings (SSSR count). The van der Waals surface area contributed by atoms with Gasteiger partial charge < -0.3 is 5.32 Å². The van der Waals surface area contributed by atoms with Gasteiger partial charge in [-0.1, -0.05) is 66.7 Å². The molecule has 1 aliphatic heterocycles. The summed E-state index contributed by atoms with van der Waals surface area (Å²) in [6.07, 6.45) is 1.21. The van der Waals surface area contributed by atoms with Crippen LogP contribution < -0.4 is 5.32 Å². The highest BCUT2D eigenvalue weighted by Gasteiger charge is 2.26. The molecule has 0 unspecified atom stereocenters. The highest BCUT2D eigenvalue weighted by molar-refractivity contribution is 6.03. The molecule has 0 bridgehead atoms. The summed E-state index contributed by atoms with van der Waals surface area (Å²) in [5.41, 5.74) is 3.43. The van der Waals surface area contributed by atoms with E-state index >= 15 is 0 Å². The number of carbonyl (C=O) groups excluding carboxylic acids is 1. The molecular formula is C24H19NO. The second kappa shape index (κ2) is 5.99. The van der Waals surface area contributed by atoms with Gasteiger partial charge in [0.2, 0.25) is 0 Å². The van der Waals surface area contributed by atoms with Crippen LogP contribution in [-0.2, 0) is 17.6 Å². The van der Waals surface area contributed by atoms with Gasteiger partial charge >= 0.3 is 0 Å². The molecule has 0 aromatic heterocycles. The first-order valence-corrected chi connectivity index (χ1v) is 9.06. The molecule has 4 aromatic carbocycles. The van der Waals surface area contributed by atoms with Crippen molar-refractivity contribution in [2.45, 2.75) is 18.9 Å². The van der Waals surface area contributed by atoms with E-state index in [1.54, 1.807) is 0 Å². The third-order valence-electron chi connectivity index (χ3n) is 5.39. The predicted molar refractivity (Wildman–Crippen MR) is 108 cm³/mol. The average molecular weight is 337 g/mol. The first-order valence-electron chi connectivity index (χ1n) is 9.06. The van der Waals surface area contributed by atoms with Crippen LogP contribution in [0.3, 0.4) is 0 Å². The van der Waals surface area contributed by atoms with Gasteiger partial charge in [-0.2, -0.15) is 0 Å². The summed E-state index contributed by atoms with van der Waals surface area (Å²) in [5, 5.41) is 8.40. The van der Waals surface area contributed by atoms with Crippen molar-refractivity contribution in [1.29, 1.82) is 0 Å². The molecule has 0 amide bonds. The number of para-hydroxylation sites is 1. The van der Waals surface area contributed by atoms with Crippen LogP contribution in [0.15, 0.2) is 78.9 Å². The monoisotopic (exact) mass is 337 g/mol. The lowest BCUT2D eigenvalue weighted by atomic mass is 9.88. The van der Waals surface area contributed by atoms with Crippen LogP contribution in [0.5, 0.6) is 0 Å². The summed E-state index contributed by atoms with van der Waals surface area (Å²) < 4.78 is 0. The maximum Gasteiger partial charge on any atom is 0.159 e. The van der Waals surface area contributed by atoms with E-state index in [1.807, 2.05) is 18.2 Å². The molecule has 1 heterocycles. The van der Waals surface area contributed by atoms with Crippen LogP contribution in [0, 0.1) is 0 Å². The van der Waals surface area contributed by atoms with Gasteiger partial charge in [-0.15, -0.1) is 0 Å². The Morgan fingerprint density at radius 1 is 0.808 bits per heavy atom. The van der Waals surface area contributed by atoms with Gasteiger partial charge in [0.1, 0.15) is 0 Å². The van der Waals surface area contributed by atoms with Crippen LogP contribution in [0.2, 0.25) is 0 Å². The molecule has 0 spiro atoms. The van der Waals surface area contributed by atoms with Gasteiger partial charge in [-0.05, 0) is 44.8 Å². The number of Topliss-reactive ketones (excluding diaryl/α,β-unsaturated/α-hetero) is 1. The highest BCUT2D eigenvalue weighted by Crippen LogP contribution is 2.31. The molecule has 26 heavy (non-hydrogen) atoms. The first-order chi connectivity index (χ1) is 12.8. The Hall–Kier alpha value is -3.13. The zero-order valence-electron chi connectivity index (χ0n) is 14.4. The average Bonchev–Trinajstić information content (AvgIpc) is 2.68. The Morgan fingerprint density at radius 2 is 1.42 bits per heavy atom. The SMILES string of the molecule is O=C1Cc2ccccc2N[C@@H]1Cc1c2ccccc2cc2ccccc12. The van der Waals surface area contributed by atoms with Crippen molar-refractivity contribution in [3.05, 3.63) is 90.0 Å². The van der Waals surface area contributed by atoms with E-state index in [-0.39, 0.29) is 11.8 Å². The second-order valence-corrected chi connectivity index (χ2v) is 7.00. The Kier molecular flexibility index (Phi) is 3.49. The summed E-state index contributed by atoms with van der Waals surface area (Å²) >= 11 is 0. The quantitative estimate of drug-likeness (QED) is 0.513. The van der Waals surface area contributed by atoms with Crippen LogP contribution in [0.4, 0.5) is 5.69 Å². The Morgan fingerprint density at radius 3 is 2.15 bits per heavy atom. The van der Waals surface area contributed by atoms with Crippen molar-refractivity contribution in [2.24, 2.45) is 0 Å². The summed E-state index contributed by atoms with van der Waals surface area (Å²) in [6, 6.07) is 27.1. The maximum absolute atomic E-state index is 12.8. The molecule has 0 fully saturated rings. The fourth-order valence-electron chi connectivity index (χ4n) is 4.09. The lowest BCUT2D eigenvalue weighted by Crippen LogP contribution is -2.37. The topological polar surface area (TPSA) is 29.1 Å². The highest BCUT2D eigenvalue weighted by atomic mass is 16.1. The number of anilines is 1. The minimum atomic E-state index is -0.181. The molecule has 0 aliphatic carbocycles.